The summed E-state index contributed by atoms with van der Waals surface area (Å²) in [5.41, 5.74) is 1.89. The molecule has 1 aliphatic rings. The number of nitrogens with zero attached hydrogens (tertiary/aromatic N) is 1. The number of ether oxygens (including phenoxy) is 3. The predicted molar refractivity (Wildman–Crippen MR) is 97.0 cm³/mol. The largest absolute Gasteiger partial charge is 0.465 e. The van der Waals surface area contributed by atoms with E-state index in [1.807, 2.05) is 0 Å². The van der Waals surface area contributed by atoms with Crippen molar-refractivity contribution in [1.82, 2.24) is 10.2 Å². The zero-order chi connectivity index (χ0) is 20.0. The van der Waals surface area contributed by atoms with Gasteiger partial charge >= 0.3 is 18.0 Å². The third-order valence-corrected chi connectivity index (χ3v) is 4.28. The maximum Gasteiger partial charge on any atom is 0.338 e. The molecule has 0 fully saturated rings. The van der Waals surface area contributed by atoms with Crippen LogP contribution in [0.15, 0.2) is 35.5 Å². The van der Waals surface area contributed by atoms with Crippen molar-refractivity contribution in [3.8, 4) is 0 Å². The number of carbonyl (C=O) groups is 3. The van der Waals surface area contributed by atoms with Crippen molar-refractivity contribution in [3.05, 3.63) is 46.7 Å². The Balaban J connectivity index is 2.43. The number of methoxy groups -OCH3 is 2. The number of rotatable bonds is 7. The summed E-state index contributed by atoms with van der Waals surface area (Å²) in [7, 11) is 2.84. The highest BCUT2D eigenvalue weighted by Crippen LogP contribution is 2.31. The normalized spacial score (nSPS) is 16.8. The zero-order valence-corrected chi connectivity index (χ0v) is 15.9. The molecule has 1 aromatic carbocycles. The number of esters is 2. The average molecular weight is 376 g/mol. The minimum Gasteiger partial charge on any atom is -0.465 e. The van der Waals surface area contributed by atoms with E-state index in [1.165, 1.54) is 12.0 Å². The van der Waals surface area contributed by atoms with Crippen molar-refractivity contribution < 1.29 is 28.6 Å². The van der Waals surface area contributed by atoms with Gasteiger partial charge in [-0.05, 0) is 31.5 Å². The van der Waals surface area contributed by atoms with Crippen LogP contribution in [0.1, 0.15) is 35.8 Å². The van der Waals surface area contributed by atoms with E-state index < -0.39 is 18.0 Å². The van der Waals surface area contributed by atoms with Crippen LogP contribution in [0.5, 0.6) is 0 Å². The Morgan fingerprint density at radius 1 is 1.15 bits per heavy atom. The third-order valence-electron chi connectivity index (χ3n) is 4.28. The summed E-state index contributed by atoms with van der Waals surface area (Å²) in [4.78, 5) is 38.2. The fourth-order valence-corrected chi connectivity index (χ4v) is 2.89. The molecule has 27 heavy (non-hydrogen) atoms. The Morgan fingerprint density at radius 3 is 2.37 bits per heavy atom. The molecule has 1 heterocycles. The van der Waals surface area contributed by atoms with Gasteiger partial charge in [0.25, 0.3) is 0 Å². The lowest BCUT2D eigenvalue weighted by Gasteiger charge is -2.35. The molecule has 2 rings (SSSR count). The SMILES string of the molecule is CCOC(=O)C1=C(C)N(CCOC)C(=O)N[C@H]1c1ccc(C(=O)OC)cc1. The molecule has 0 bridgehead atoms. The number of nitrogens with one attached hydrogen (secondary N) is 1. The molecule has 2 amide bonds. The van der Waals surface area contributed by atoms with Crippen LogP contribution in [0.2, 0.25) is 0 Å². The smallest absolute Gasteiger partial charge is 0.338 e. The summed E-state index contributed by atoms with van der Waals surface area (Å²) in [5.74, 6) is -0.961. The van der Waals surface area contributed by atoms with Crippen LogP contribution in [-0.4, -0.2) is 56.8 Å². The molecule has 0 unspecified atom stereocenters. The van der Waals surface area contributed by atoms with Crippen LogP contribution in [0.3, 0.4) is 0 Å². The van der Waals surface area contributed by atoms with Crippen LogP contribution in [0, 0.1) is 0 Å². The predicted octanol–water partition coefficient (Wildman–Crippen LogP) is 2.02. The molecule has 8 heteroatoms. The lowest BCUT2D eigenvalue weighted by molar-refractivity contribution is -0.139. The molecular weight excluding hydrogens is 352 g/mol. The molecule has 0 radical (unpaired) electrons. The summed E-state index contributed by atoms with van der Waals surface area (Å²) in [6.07, 6.45) is 0. The molecule has 0 aromatic heterocycles. The summed E-state index contributed by atoms with van der Waals surface area (Å²) < 4.78 is 14.9. The minimum atomic E-state index is -0.679. The van der Waals surface area contributed by atoms with Crippen LogP contribution in [0.4, 0.5) is 4.79 Å². The van der Waals surface area contributed by atoms with E-state index in [4.69, 9.17) is 9.47 Å². The monoisotopic (exact) mass is 376 g/mol. The topological polar surface area (TPSA) is 94.2 Å². The first-order valence-corrected chi connectivity index (χ1v) is 8.57. The molecule has 1 aliphatic heterocycles. The van der Waals surface area contributed by atoms with E-state index >= 15 is 0 Å². The fraction of sp³-hybridized carbons (Fsp3) is 0.421. The molecule has 0 saturated heterocycles. The van der Waals surface area contributed by atoms with Gasteiger partial charge in [0.1, 0.15) is 0 Å². The van der Waals surface area contributed by atoms with Gasteiger partial charge in [0.05, 0.1) is 44.0 Å². The van der Waals surface area contributed by atoms with Gasteiger partial charge in [-0.1, -0.05) is 12.1 Å². The average Bonchev–Trinajstić information content (AvgIpc) is 2.67. The van der Waals surface area contributed by atoms with Crippen molar-refractivity contribution in [1.29, 1.82) is 0 Å². The van der Waals surface area contributed by atoms with Crippen LogP contribution >= 0.6 is 0 Å². The van der Waals surface area contributed by atoms with Crippen molar-refractivity contribution in [3.63, 3.8) is 0 Å². The van der Waals surface area contributed by atoms with Crippen molar-refractivity contribution in [2.45, 2.75) is 19.9 Å². The van der Waals surface area contributed by atoms with Gasteiger partial charge in [-0.15, -0.1) is 0 Å². The van der Waals surface area contributed by atoms with E-state index in [2.05, 4.69) is 10.1 Å². The lowest BCUT2D eigenvalue weighted by atomic mass is 9.94. The van der Waals surface area contributed by atoms with E-state index in [1.54, 1.807) is 45.2 Å². The van der Waals surface area contributed by atoms with Gasteiger partial charge in [-0.2, -0.15) is 0 Å². The first-order chi connectivity index (χ1) is 12.9. The van der Waals surface area contributed by atoms with Crippen molar-refractivity contribution >= 4 is 18.0 Å². The first kappa shape index (κ1) is 20.4. The quantitative estimate of drug-likeness (QED) is 0.732. The minimum absolute atomic E-state index is 0.218. The molecule has 1 atom stereocenters. The summed E-state index contributed by atoms with van der Waals surface area (Å²) in [5, 5.41) is 2.83. The fourth-order valence-electron chi connectivity index (χ4n) is 2.89. The molecule has 0 aliphatic carbocycles. The van der Waals surface area contributed by atoms with E-state index in [-0.39, 0.29) is 12.6 Å². The van der Waals surface area contributed by atoms with Gasteiger partial charge in [0, 0.05) is 12.8 Å². The summed E-state index contributed by atoms with van der Waals surface area (Å²) in [6, 6.07) is 5.51. The molecule has 1 N–H and O–H groups in total. The highest BCUT2D eigenvalue weighted by atomic mass is 16.5. The Labute approximate surface area is 158 Å². The Bertz CT molecular complexity index is 741. The summed E-state index contributed by atoms with van der Waals surface area (Å²) in [6.45, 7) is 4.29. The number of hydrogen-bond acceptors (Lipinski definition) is 6. The highest BCUT2D eigenvalue weighted by Gasteiger charge is 2.36. The van der Waals surface area contributed by atoms with Crippen LogP contribution < -0.4 is 5.32 Å². The van der Waals surface area contributed by atoms with Gasteiger partial charge in [-0.3, -0.25) is 4.90 Å². The standard InChI is InChI=1S/C19H24N2O6/c1-5-27-18(23)15-12(2)21(10-11-25-3)19(24)20-16(15)13-6-8-14(9-7-13)17(22)26-4/h6-9,16H,5,10-11H2,1-4H3,(H,20,24)/t16-/m0/s1. The number of benzene rings is 1. The zero-order valence-electron chi connectivity index (χ0n) is 15.9. The molecule has 1 aromatic rings. The Kier molecular flexibility index (Phi) is 6.95. The van der Waals surface area contributed by atoms with Crippen molar-refractivity contribution in [2.75, 3.05) is 34.0 Å². The molecule has 8 nitrogen and oxygen atoms in total. The first-order valence-electron chi connectivity index (χ1n) is 8.57. The maximum atomic E-state index is 12.6. The van der Waals surface area contributed by atoms with E-state index in [0.717, 1.165) is 0 Å². The summed E-state index contributed by atoms with van der Waals surface area (Å²) >= 11 is 0. The van der Waals surface area contributed by atoms with E-state index in [9.17, 15) is 14.4 Å². The second kappa shape index (κ2) is 9.18. The maximum absolute atomic E-state index is 12.6. The molecule has 146 valence electrons. The second-order valence-electron chi connectivity index (χ2n) is 5.86. The van der Waals surface area contributed by atoms with Crippen molar-refractivity contribution in [2.24, 2.45) is 0 Å². The number of carbonyl (C=O) groups excluding carboxylic acids is 3. The lowest BCUT2D eigenvalue weighted by Crippen LogP contribution is -2.49. The number of urea groups is 1. The van der Waals surface area contributed by atoms with Crippen LogP contribution in [-0.2, 0) is 19.0 Å². The van der Waals surface area contributed by atoms with Gasteiger partial charge < -0.3 is 19.5 Å². The molecular formula is C19H24N2O6. The molecule has 0 spiro atoms. The highest BCUT2D eigenvalue weighted by molar-refractivity contribution is 5.95. The third kappa shape index (κ3) is 4.46. The Hall–Kier alpha value is -2.87. The Morgan fingerprint density at radius 2 is 1.81 bits per heavy atom. The number of allylic oxidation sites excluding steroid dienone is 1. The number of hydrogen-bond donors (Lipinski definition) is 1. The van der Waals surface area contributed by atoms with E-state index in [0.29, 0.717) is 35.5 Å². The van der Waals surface area contributed by atoms with Gasteiger partial charge in [0.15, 0.2) is 0 Å². The number of amides is 2. The van der Waals surface area contributed by atoms with Gasteiger partial charge in [-0.25, -0.2) is 14.4 Å². The van der Waals surface area contributed by atoms with Gasteiger partial charge in [0.2, 0.25) is 0 Å². The molecule has 0 saturated carbocycles. The second-order valence-corrected chi connectivity index (χ2v) is 5.86. The van der Waals surface area contributed by atoms with Crippen LogP contribution in [0.25, 0.3) is 0 Å².